The van der Waals surface area contributed by atoms with Gasteiger partial charge in [-0.2, -0.15) is 4.98 Å². The van der Waals surface area contributed by atoms with Crippen LogP contribution in [0.2, 0.25) is 0 Å². The summed E-state index contributed by atoms with van der Waals surface area (Å²) in [6.45, 7) is 5.81. The van der Waals surface area contributed by atoms with Crippen LogP contribution in [-0.2, 0) is 17.8 Å². The molecule has 0 bridgehead atoms. The van der Waals surface area contributed by atoms with E-state index in [2.05, 4.69) is 15.5 Å². The van der Waals surface area contributed by atoms with Crippen molar-refractivity contribution in [3.63, 3.8) is 0 Å². The molecule has 0 saturated heterocycles. The van der Waals surface area contributed by atoms with Crippen LogP contribution in [0.15, 0.2) is 45.8 Å². The van der Waals surface area contributed by atoms with E-state index >= 15 is 0 Å². The van der Waals surface area contributed by atoms with Crippen molar-refractivity contribution in [3.8, 4) is 11.5 Å². The van der Waals surface area contributed by atoms with Gasteiger partial charge < -0.3 is 14.4 Å². The zero-order valence-corrected chi connectivity index (χ0v) is 15.7. The van der Waals surface area contributed by atoms with Gasteiger partial charge in [-0.3, -0.25) is 9.59 Å². The summed E-state index contributed by atoms with van der Waals surface area (Å²) in [6, 6.07) is 8.84. The van der Waals surface area contributed by atoms with E-state index in [9.17, 15) is 9.59 Å². The lowest BCUT2D eigenvalue weighted by Gasteiger charge is -2.11. The molecule has 7 nitrogen and oxygen atoms in total. The zero-order valence-electron chi connectivity index (χ0n) is 15.7. The van der Waals surface area contributed by atoms with E-state index in [0.717, 1.165) is 29.7 Å². The topological polar surface area (TPSA) is 90.0 Å². The number of carbonyl (C=O) groups is 1. The Morgan fingerprint density at radius 3 is 2.81 bits per heavy atom. The third-order valence-electron chi connectivity index (χ3n) is 4.15. The number of aryl methyl sites for hydroxylation is 3. The fourth-order valence-electron chi connectivity index (χ4n) is 2.69. The summed E-state index contributed by atoms with van der Waals surface area (Å²) in [5.41, 5.74) is 3.08. The van der Waals surface area contributed by atoms with E-state index in [1.54, 1.807) is 12.3 Å². The number of nitrogens with one attached hydrogen (secondary N) is 1. The molecule has 0 radical (unpaired) electrons. The SMILES string of the molecule is CCCc1noc(-c2ccc(=O)n(CC(=O)Nc3cc(C)ccc3C)c2)n1. The molecule has 2 aromatic heterocycles. The van der Waals surface area contributed by atoms with E-state index in [0.29, 0.717) is 17.3 Å². The quantitative estimate of drug-likeness (QED) is 0.724. The molecule has 0 fully saturated rings. The minimum atomic E-state index is -0.278. The second-order valence-electron chi connectivity index (χ2n) is 6.52. The van der Waals surface area contributed by atoms with Gasteiger partial charge in [0.2, 0.25) is 5.91 Å². The minimum Gasteiger partial charge on any atom is -0.334 e. The van der Waals surface area contributed by atoms with Crippen LogP contribution < -0.4 is 10.9 Å². The van der Waals surface area contributed by atoms with E-state index in [4.69, 9.17) is 4.52 Å². The largest absolute Gasteiger partial charge is 0.334 e. The van der Waals surface area contributed by atoms with Crippen molar-refractivity contribution >= 4 is 11.6 Å². The van der Waals surface area contributed by atoms with Crippen LogP contribution in [0.3, 0.4) is 0 Å². The molecular formula is C20H22N4O3. The number of hydrogen-bond donors (Lipinski definition) is 1. The standard InChI is InChI=1S/C20H22N4O3/c1-4-5-17-22-20(27-23-17)15-8-9-19(26)24(11-15)12-18(25)21-16-10-13(2)6-7-14(16)3/h6-11H,4-5,12H2,1-3H3,(H,21,25). The van der Waals surface area contributed by atoms with Crippen molar-refractivity contribution in [3.05, 3.63) is 63.8 Å². The maximum absolute atomic E-state index is 12.4. The first-order valence-electron chi connectivity index (χ1n) is 8.87. The fourth-order valence-corrected chi connectivity index (χ4v) is 2.69. The van der Waals surface area contributed by atoms with E-state index in [1.807, 2.05) is 39.0 Å². The molecule has 0 aliphatic carbocycles. The lowest BCUT2D eigenvalue weighted by molar-refractivity contribution is -0.116. The summed E-state index contributed by atoms with van der Waals surface area (Å²) in [4.78, 5) is 28.9. The third kappa shape index (κ3) is 4.49. The molecular weight excluding hydrogens is 344 g/mol. The van der Waals surface area contributed by atoms with Gasteiger partial charge in [0.25, 0.3) is 11.4 Å². The van der Waals surface area contributed by atoms with Crippen LogP contribution in [0.25, 0.3) is 11.5 Å². The van der Waals surface area contributed by atoms with Gasteiger partial charge in [0.1, 0.15) is 6.54 Å². The van der Waals surface area contributed by atoms with Gasteiger partial charge in [-0.05, 0) is 43.5 Å². The first-order chi connectivity index (χ1) is 13.0. The lowest BCUT2D eigenvalue weighted by Crippen LogP contribution is -2.27. The van der Waals surface area contributed by atoms with Crippen LogP contribution >= 0.6 is 0 Å². The molecule has 1 N–H and O–H groups in total. The highest BCUT2D eigenvalue weighted by Gasteiger charge is 2.12. The van der Waals surface area contributed by atoms with E-state index in [1.165, 1.54) is 10.6 Å². The number of nitrogens with zero attached hydrogens (tertiary/aromatic N) is 3. The molecule has 0 saturated carbocycles. The highest BCUT2D eigenvalue weighted by molar-refractivity contribution is 5.91. The van der Waals surface area contributed by atoms with Crippen molar-refractivity contribution in [2.75, 3.05) is 5.32 Å². The molecule has 1 aromatic carbocycles. The second-order valence-corrected chi connectivity index (χ2v) is 6.52. The average Bonchev–Trinajstić information content (AvgIpc) is 3.09. The van der Waals surface area contributed by atoms with Gasteiger partial charge in [0, 0.05) is 24.4 Å². The minimum absolute atomic E-state index is 0.101. The second kappa shape index (κ2) is 7.99. The number of amides is 1. The smallest absolute Gasteiger partial charge is 0.259 e. The molecule has 0 unspecified atom stereocenters. The third-order valence-corrected chi connectivity index (χ3v) is 4.15. The highest BCUT2D eigenvalue weighted by Crippen LogP contribution is 2.17. The first kappa shape index (κ1) is 18.6. The summed E-state index contributed by atoms with van der Waals surface area (Å²) in [5.74, 6) is 0.681. The highest BCUT2D eigenvalue weighted by atomic mass is 16.5. The van der Waals surface area contributed by atoms with Crippen molar-refractivity contribution in [2.24, 2.45) is 0 Å². The number of pyridine rings is 1. The van der Waals surface area contributed by atoms with Crippen molar-refractivity contribution in [1.29, 1.82) is 0 Å². The Kier molecular flexibility index (Phi) is 5.49. The molecule has 3 rings (SSSR count). The van der Waals surface area contributed by atoms with Gasteiger partial charge in [0.05, 0.1) is 5.56 Å². The molecule has 0 spiro atoms. The van der Waals surface area contributed by atoms with Crippen LogP contribution in [0.1, 0.15) is 30.3 Å². The molecule has 140 valence electrons. The molecule has 0 aliphatic rings. The van der Waals surface area contributed by atoms with Crippen LogP contribution in [0.4, 0.5) is 5.69 Å². The summed E-state index contributed by atoms with van der Waals surface area (Å²) in [6.07, 6.45) is 3.20. The Labute approximate surface area is 157 Å². The first-order valence-corrected chi connectivity index (χ1v) is 8.87. The fraction of sp³-hybridized carbons (Fsp3) is 0.300. The Balaban J connectivity index is 1.78. The maximum Gasteiger partial charge on any atom is 0.259 e. The molecule has 0 aliphatic heterocycles. The van der Waals surface area contributed by atoms with Gasteiger partial charge in [-0.25, -0.2) is 0 Å². The van der Waals surface area contributed by atoms with Crippen LogP contribution in [0.5, 0.6) is 0 Å². The number of aromatic nitrogens is 3. The molecule has 3 aromatic rings. The number of anilines is 1. The van der Waals surface area contributed by atoms with Gasteiger partial charge in [0.15, 0.2) is 5.82 Å². The molecule has 1 amide bonds. The summed E-state index contributed by atoms with van der Waals surface area (Å²) >= 11 is 0. The van der Waals surface area contributed by atoms with E-state index < -0.39 is 0 Å². The molecule has 0 atom stereocenters. The van der Waals surface area contributed by atoms with Crippen molar-refractivity contribution in [1.82, 2.24) is 14.7 Å². The molecule has 27 heavy (non-hydrogen) atoms. The lowest BCUT2D eigenvalue weighted by atomic mass is 10.1. The maximum atomic E-state index is 12.4. The normalized spacial score (nSPS) is 10.8. The van der Waals surface area contributed by atoms with Crippen molar-refractivity contribution < 1.29 is 9.32 Å². The van der Waals surface area contributed by atoms with Crippen molar-refractivity contribution in [2.45, 2.75) is 40.2 Å². The average molecular weight is 366 g/mol. The zero-order chi connectivity index (χ0) is 19.4. The number of benzene rings is 1. The van der Waals surface area contributed by atoms with Crippen LogP contribution in [0, 0.1) is 13.8 Å². The number of carbonyl (C=O) groups excluding carboxylic acids is 1. The Morgan fingerprint density at radius 2 is 2.04 bits per heavy atom. The Bertz CT molecular complexity index is 1020. The van der Waals surface area contributed by atoms with Crippen LogP contribution in [-0.4, -0.2) is 20.6 Å². The Morgan fingerprint density at radius 1 is 1.22 bits per heavy atom. The predicted octanol–water partition coefficient (Wildman–Crippen LogP) is 3.11. The van der Waals surface area contributed by atoms with Gasteiger partial charge in [-0.1, -0.05) is 24.2 Å². The number of hydrogen-bond acceptors (Lipinski definition) is 5. The van der Waals surface area contributed by atoms with Gasteiger partial charge in [-0.15, -0.1) is 0 Å². The van der Waals surface area contributed by atoms with E-state index in [-0.39, 0.29) is 18.0 Å². The molecule has 2 heterocycles. The summed E-state index contributed by atoms with van der Waals surface area (Å²) in [5, 5.41) is 6.77. The molecule has 7 heteroatoms. The number of rotatable bonds is 6. The monoisotopic (exact) mass is 366 g/mol. The summed E-state index contributed by atoms with van der Waals surface area (Å²) < 4.78 is 6.58. The van der Waals surface area contributed by atoms with Gasteiger partial charge >= 0.3 is 0 Å². The summed E-state index contributed by atoms with van der Waals surface area (Å²) in [7, 11) is 0. The Hall–Kier alpha value is -3.22. The predicted molar refractivity (Wildman–Crippen MR) is 103 cm³/mol.